The number of imide groups is 1. The van der Waals surface area contributed by atoms with Gasteiger partial charge in [-0.3, -0.25) is 28.6 Å². The number of hydrogen-bond donors (Lipinski definition) is 0. The molecule has 2 fully saturated rings. The molecular weight excluding hydrogens is 558 g/mol. The number of benzene rings is 2. The van der Waals surface area contributed by atoms with Gasteiger partial charge in [0.05, 0.1) is 11.1 Å². The first-order valence-corrected chi connectivity index (χ1v) is 15.6. The maximum Gasteiger partial charge on any atom is 0.326 e. The molecule has 0 spiro atoms. The number of ether oxygens (including phenoxy) is 1. The molecule has 0 N–H and O–H groups in total. The monoisotopic (exact) mass is 589 g/mol. The number of fused-ring (bicyclic) bond motifs is 3. The van der Waals surface area contributed by atoms with Crippen LogP contribution in [0.3, 0.4) is 0 Å². The van der Waals surface area contributed by atoms with E-state index in [1.54, 1.807) is 13.8 Å². The van der Waals surface area contributed by atoms with Crippen molar-refractivity contribution in [2.45, 2.75) is 58.2 Å². The van der Waals surface area contributed by atoms with Gasteiger partial charge in [0.2, 0.25) is 0 Å². The molecule has 10 heteroatoms. The smallest absolute Gasteiger partial charge is 0.326 e. The third-order valence-corrected chi connectivity index (χ3v) is 10.2. The highest BCUT2D eigenvalue weighted by Crippen LogP contribution is 2.50. The molecule has 41 heavy (non-hydrogen) atoms. The van der Waals surface area contributed by atoms with Gasteiger partial charge in [0.1, 0.15) is 16.1 Å². The molecule has 2 amide bonds. The first kappa shape index (κ1) is 27.5. The molecule has 2 aliphatic heterocycles. The van der Waals surface area contributed by atoms with E-state index in [2.05, 4.69) is 41.3 Å². The molecule has 3 aromatic rings. The highest BCUT2D eigenvalue weighted by molar-refractivity contribution is 8.23. The van der Waals surface area contributed by atoms with Crippen molar-refractivity contribution in [3.63, 3.8) is 0 Å². The van der Waals surface area contributed by atoms with E-state index in [1.807, 2.05) is 18.2 Å². The molecule has 2 aromatic carbocycles. The molecule has 0 bridgehead atoms. The van der Waals surface area contributed by atoms with E-state index in [9.17, 15) is 19.2 Å². The molecule has 212 valence electrons. The molecule has 2 unspecified atom stereocenters. The summed E-state index contributed by atoms with van der Waals surface area (Å²) in [6, 6.07) is 17.3. The number of rotatable bonds is 7. The molecular formula is C31H31N3O5S2. The molecule has 1 aliphatic carbocycles. The second-order valence-corrected chi connectivity index (χ2v) is 12.4. The lowest BCUT2D eigenvalue weighted by Gasteiger charge is -2.27. The van der Waals surface area contributed by atoms with Crippen molar-refractivity contribution in [3.8, 4) is 0 Å². The number of esters is 1. The Balaban J connectivity index is 1.43. The summed E-state index contributed by atoms with van der Waals surface area (Å²) >= 11 is 1.93. The minimum absolute atomic E-state index is 0.169. The molecule has 2 atom stereocenters. The van der Waals surface area contributed by atoms with Crippen molar-refractivity contribution in [2.75, 3.05) is 18.1 Å². The molecule has 1 aromatic heterocycles. The quantitative estimate of drug-likeness (QED) is 0.388. The summed E-state index contributed by atoms with van der Waals surface area (Å²) in [4.78, 5) is 55.2. The first-order valence-electron chi connectivity index (χ1n) is 14.0. The van der Waals surface area contributed by atoms with Crippen molar-refractivity contribution in [2.24, 2.45) is 0 Å². The number of carbonyl (C=O) groups is 3. The Morgan fingerprint density at radius 2 is 1.88 bits per heavy atom. The second kappa shape index (κ2) is 11.3. The van der Waals surface area contributed by atoms with Gasteiger partial charge >= 0.3 is 5.97 Å². The molecule has 3 heterocycles. The predicted molar refractivity (Wildman–Crippen MR) is 161 cm³/mol. The van der Waals surface area contributed by atoms with Crippen LogP contribution in [0.2, 0.25) is 0 Å². The molecule has 1 saturated carbocycles. The Labute approximate surface area is 245 Å². The largest absolute Gasteiger partial charge is 0.465 e. The summed E-state index contributed by atoms with van der Waals surface area (Å²) in [7, 11) is 0. The molecule has 1 saturated heterocycles. The van der Waals surface area contributed by atoms with E-state index in [0.29, 0.717) is 21.2 Å². The zero-order chi connectivity index (χ0) is 28.7. The SMILES string of the molecule is CCOC(=O)Cn1c(=O)/c(=C\c2ccc3c(c2)C2CCCC2N3Cc2ccccc2)s/c1=C1/SC(=O)N(CC)C1=O. The first-order chi connectivity index (χ1) is 19.9. The van der Waals surface area contributed by atoms with E-state index in [1.165, 1.54) is 27.8 Å². The average Bonchev–Trinajstić information content (AvgIpc) is 3.70. The van der Waals surface area contributed by atoms with Gasteiger partial charge in [0.15, 0.2) is 0 Å². The Morgan fingerprint density at radius 3 is 2.61 bits per heavy atom. The van der Waals surface area contributed by atoms with Crippen LogP contribution in [0.5, 0.6) is 0 Å². The number of thioether (sulfide) groups is 1. The van der Waals surface area contributed by atoms with Gasteiger partial charge < -0.3 is 9.64 Å². The Bertz CT molecular complexity index is 1710. The van der Waals surface area contributed by atoms with Crippen LogP contribution in [-0.2, 0) is 27.4 Å². The third-order valence-electron chi connectivity index (χ3n) is 7.99. The number of anilines is 1. The summed E-state index contributed by atoms with van der Waals surface area (Å²) in [5.41, 5.74) is 4.35. The number of nitrogens with zero attached hydrogens (tertiary/aromatic N) is 3. The maximum absolute atomic E-state index is 13.6. The Kier molecular flexibility index (Phi) is 7.61. The van der Waals surface area contributed by atoms with Gasteiger partial charge in [-0.25, -0.2) is 0 Å². The van der Waals surface area contributed by atoms with Crippen molar-refractivity contribution in [1.82, 2.24) is 9.47 Å². The minimum Gasteiger partial charge on any atom is -0.465 e. The summed E-state index contributed by atoms with van der Waals surface area (Å²) in [5.74, 6) is -0.565. The fraction of sp³-hybridized carbons (Fsp3) is 0.355. The maximum atomic E-state index is 13.6. The number of aromatic nitrogens is 1. The molecule has 0 radical (unpaired) electrons. The van der Waals surface area contributed by atoms with Crippen LogP contribution in [0.1, 0.15) is 55.7 Å². The van der Waals surface area contributed by atoms with E-state index in [0.717, 1.165) is 52.9 Å². The lowest BCUT2D eigenvalue weighted by atomic mass is 9.96. The van der Waals surface area contributed by atoms with E-state index < -0.39 is 11.9 Å². The summed E-state index contributed by atoms with van der Waals surface area (Å²) in [6.07, 6.45) is 5.32. The van der Waals surface area contributed by atoms with Gasteiger partial charge in [0.25, 0.3) is 16.7 Å². The molecule has 8 nitrogen and oxygen atoms in total. The highest BCUT2D eigenvalue weighted by atomic mass is 32.2. The average molecular weight is 590 g/mol. The fourth-order valence-corrected chi connectivity index (χ4v) is 8.36. The number of thiazole rings is 1. The molecule has 6 rings (SSSR count). The predicted octanol–water partition coefficient (Wildman–Crippen LogP) is 3.78. The number of carbonyl (C=O) groups excluding carboxylic acids is 3. The number of amides is 2. The van der Waals surface area contributed by atoms with Crippen LogP contribution >= 0.6 is 23.1 Å². The van der Waals surface area contributed by atoms with Crippen molar-refractivity contribution in [3.05, 3.63) is 84.8 Å². The van der Waals surface area contributed by atoms with Crippen LogP contribution in [0.15, 0.2) is 53.3 Å². The lowest BCUT2D eigenvalue weighted by Crippen LogP contribution is -2.36. The van der Waals surface area contributed by atoms with E-state index in [-0.39, 0.29) is 35.4 Å². The van der Waals surface area contributed by atoms with Crippen LogP contribution in [0.4, 0.5) is 10.5 Å². The zero-order valence-corrected chi connectivity index (χ0v) is 24.6. The van der Waals surface area contributed by atoms with Gasteiger partial charge in [-0.15, -0.1) is 11.3 Å². The van der Waals surface area contributed by atoms with Gasteiger partial charge in [0, 0.05) is 30.7 Å². The fourth-order valence-electron chi connectivity index (χ4n) is 6.18. The summed E-state index contributed by atoms with van der Waals surface area (Å²) in [6.45, 7) is 4.37. The second-order valence-electron chi connectivity index (χ2n) is 10.4. The summed E-state index contributed by atoms with van der Waals surface area (Å²) < 4.78 is 7.06. The minimum atomic E-state index is -0.571. The Morgan fingerprint density at radius 1 is 1.07 bits per heavy atom. The van der Waals surface area contributed by atoms with Gasteiger partial charge in [-0.05, 0) is 73.4 Å². The standard InChI is InChI=1S/C31H31N3O5S2/c1-3-32-29(37)27(41-31(32)38)30-34(18-26(35)39-4-2)28(36)25(40-30)16-20-13-14-24-22(15-20)21-11-8-12-23(21)33(24)17-19-9-6-5-7-10-19/h5-7,9-10,13-16,21,23H,3-4,8,11-12,17-18H2,1-2H3/b25-16+,30-27+. The lowest BCUT2D eigenvalue weighted by molar-refractivity contribution is -0.143. The van der Waals surface area contributed by atoms with E-state index >= 15 is 0 Å². The molecule has 3 aliphatic rings. The third kappa shape index (κ3) is 5.04. The number of hydrogen-bond acceptors (Lipinski definition) is 8. The Hall–Kier alpha value is -3.63. The van der Waals surface area contributed by atoms with Crippen LogP contribution in [0, 0.1) is 0 Å². The van der Waals surface area contributed by atoms with Gasteiger partial charge in [-0.2, -0.15) is 0 Å². The zero-order valence-electron chi connectivity index (χ0n) is 23.0. The van der Waals surface area contributed by atoms with Crippen LogP contribution in [-0.4, -0.2) is 45.8 Å². The van der Waals surface area contributed by atoms with Crippen molar-refractivity contribution < 1.29 is 19.1 Å². The van der Waals surface area contributed by atoms with Crippen LogP contribution < -0.4 is 19.7 Å². The van der Waals surface area contributed by atoms with Gasteiger partial charge in [-0.1, -0.05) is 42.8 Å². The van der Waals surface area contributed by atoms with Crippen molar-refractivity contribution in [1.29, 1.82) is 0 Å². The van der Waals surface area contributed by atoms with Crippen molar-refractivity contribution >= 4 is 56.9 Å². The topological polar surface area (TPSA) is 88.9 Å². The normalized spacial score (nSPS) is 21.6. The summed E-state index contributed by atoms with van der Waals surface area (Å²) in [5, 5.41) is -0.383. The highest BCUT2D eigenvalue weighted by Gasteiger charge is 2.41. The van der Waals surface area contributed by atoms with E-state index in [4.69, 9.17) is 4.74 Å². The van der Waals surface area contributed by atoms with Crippen LogP contribution in [0.25, 0.3) is 11.0 Å².